The molecule has 1 saturated carbocycles. The van der Waals surface area contributed by atoms with Crippen LogP contribution in [0.15, 0.2) is 18.2 Å². The zero-order valence-electron chi connectivity index (χ0n) is 11.2. The number of benzene rings is 1. The molecule has 5 heteroatoms. The Labute approximate surface area is 117 Å². The van der Waals surface area contributed by atoms with E-state index in [-0.39, 0.29) is 5.91 Å². The first-order valence-electron chi connectivity index (χ1n) is 6.38. The smallest absolute Gasteiger partial charge is 0.227 e. The minimum atomic E-state index is -0.235. The molecule has 3 atom stereocenters. The predicted octanol–water partition coefficient (Wildman–Crippen LogP) is 1.08. The molecule has 104 valence electrons. The highest BCUT2D eigenvalue weighted by atomic mass is 32.2. The predicted molar refractivity (Wildman–Crippen MR) is 78.5 cm³/mol. The second-order valence-corrected chi connectivity index (χ2v) is 6.19. The summed E-state index contributed by atoms with van der Waals surface area (Å²) < 4.78 is 0. The van der Waals surface area contributed by atoms with E-state index < -0.39 is 0 Å². The van der Waals surface area contributed by atoms with E-state index in [1.807, 2.05) is 26.2 Å². The van der Waals surface area contributed by atoms with Crippen LogP contribution in [0.3, 0.4) is 0 Å². The van der Waals surface area contributed by atoms with Gasteiger partial charge in [-0.2, -0.15) is 0 Å². The van der Waals surface area contributed by atoms with Gasteiger partial charge in [0.05, 0.1) is 5.75 Å². The van der Waals surface area contributed by atoms with Crippen LogP contribution in [0.4, 0.5) is 0 Å². The fraction of sp³-hybridized carbons (Fsp3) is 0.500. The molecule has 1 amide bonds. The summed E-state index contributed by atoms with van der Waals surface area (Å²) in [5.41, 5.74) is 7.76. The van der Waals surface area contributed by atoms with Crippen LogP contribution in [0.2, 0.25) is 0 Å². The summed E-state index contributed by atoms with van der Waals surface area (Å²) in [6.07, 6.45) is 1.03. The molecule has 3 rings (SSSR count). The van der Waals surface area contributed by atoms with Crippen LogP contribution < -0.4 is 11.1 Å². The lowest BCUT2D eigenvalue weighted by Gasteiger charge is -2.07. The summed E-state index contributed by atoms with van der Waals surface area (Å²) >= 11 is 1.67. The molecule has 2 aliphatic carbocycles. The first kappa shape index (κ1) is 14.2. The van der Waals surface area contributed by atoms with Gasteiger partial charge in [-0.05, 0) is 49.7 Å². The van der Waals surface area contributed by atoms with Crippen molar-refractivity contribution in [1.82, 2.24) is 5.32 Å². The van der Waals surface area contributed by atoms with E-state index >= 15 is 0 Å². The topological polar surface area (TPSA) is 75.3 Å². The van der Waals surface area contributed by atoms with Crippen molar-refractivity contribution >= 4 is 17.7 Å². The number of rotatable bonds is 3. The van der Waals surface area contributed by atoms with Crippen LogP contribution in [0.1, 0.15) is 17.0 Å². The van der Waals surface area contributed by atoms with Crippen molar-refractivity contribution in [1.29, 1.82) is 0 Å². The van der Waals surface area contributed by atoms with Gasteiger partial charge in [0.1, 0.15) is 5.75 Å². The number of thioether (sulfide) groups is 1. The number of fused-ring (bicyclic) bond motifs is 3. The normalized spacial score (nSPS) is 25.9. The minimum Gasteiger partial charge on any atom is -0.508 e. The average Bonchev–Trinajstić information content (AvgIpc) is 2.88. The van der Waals surface area contributed by atoms with E-state index in [1.165, 1.54) is 11.1 Å². The Morgan fingerprint density at radius 3 is 2.84 bits per heavy atom. The maximum atomic E-state index is 10.7. The van der Waals surface area contributed by atoms with Crippen LogP contribution in [0.25, 0.3) is 0 Å². The number of nitrogens with two attached hydrogens (primary N) is 1. The Kier molecular flexibility index (Phi) is 4.37. The molecule has 4 nitrogen and oxygen atoms in total. The highest BCUT2D eigenvalue weighted by molar-refractivity contribution is 8.00. The van der Waals surface area contributed by atoms with Gasteiger partial charge in [0, 0.05) is 11.2 Å². The number of hydrogen-bond acceptors (Lipinski definition) is 4. The third-order valence-corrected chi connectivity index (χ3v) is 4.93. The van der Waals surface area contributed by atoms with Gasteiger partial charge in [0.15, 0.2) is 0 Å². The van der Waals surface area contributed by atoms with Gasteiger partial charge in [-0.25, -0.2) is 0 Å². The second-order valence-electron chi connectivity index (χ2n) is 5.02. The summed E-state index contributed by atoms with van der Waals surface area (Å²) in [4.78, 5) is 10.7. The Morgan fingerprint density at radius 1 is 1.53 bits per heavy atom. The zero-order chi connectivity index (χ0) is 14.0. The molecule has 19 heavy (non-hydrogen) atoms. The number of amides is 1. The third kappa shape index (κ3) is 3.04. The molecule has 0 aliphatic heterocycles. The lowest BCUT2D eigenvalue weighted by molar-refractivity contribution is -0.115. The van der Waals surface area contributed by atoms with Gasteiger partial charge in [-0.15, -0.1) is 11.8 Å². The number of carbonyl (C=O) groups excluding carboxylic acids is 1. The molecule has 0 aromatic heterocycles. The molecular formula is C14H20N2O2S. The Bertz CT molecular complexity index is 479. The summed E-state index contributed by atoms with van der Waals surface area (Å²) in [5, 5.41) is 12.7. The van der Waals surface area contributed by atoms with Crippen LogP contribution in [-0.4, -0.2) is 36.1 Å². The van der Waals surface area contributed by atoms with Crippen LogP contribution in [0, 0.1) is 5.92 Å². The van der Waals surface area contributed by atoms with E-state index in [9.17, 15) is 9.90 Å². The third-order valence-electron chi connectivity index (χ3n) is 3.46. The lowest BCUT2D eigenvalue weighted by Crippen LogP contribution is -2.14. The maximum absolute atomic E-state index is 10.7. The maximum Gasteiger partial charge on any atom is 0.227 e. The molecule has 3 unspecified atom stereocenters. The van der Waals surface area contributed by atoms with Crippen LogP contribution in [0.5, 0.6) is 5.75 Å². The number of hydrogen-bond donors (Lipinski definition) is 3. The molecule has 1 aromatic carbocycles. The Morgan fingerprint density at radius 2 is 2.21 bits per heavy atom. The van der Waals surface area contributed by atoms with Gasteiger partial charge in [-0.3, -0.25) is 4.79 Å². The van der Waals surface area contributed by atoms with Crippen molar-refractivity contribution in [2.75, 3.05) is 19.8 Å². The fourth-order valence-electron chi connectivity index (χ4n) is 2.75. The highest BCUT2D eigenvalue weighted by Gasteiger charge is 2.55. The quantitative estimate of drug-likeness (QED) is 0.774. The van der Waals surface area contributed by atoms with Crippen LogP contribution in [-0.2, 0) is 11.2 Å². The zero-order valence-corrected chi connectivity index (χ0v) is 12.0. The first-order chi connectivity index (χ1) is 9.08. The molecule has 1 aromatic rings. The molecule has 1 fully saturated rings. The second kappa shape index (κ2) is 5.84. The SMILES string of the molecule is CNC.NC(=O)CSC1C2Cc3cc(O)ccc3C21. The van der Waals surface area contributed by atoms with Gasteiger partial charge >= 0.3 is 0 Å². The molecule has 4 N–H and O–H groups in total. The standard InChI is InChI=1S/C12H13NO2S.C2H7N/c13-10(15)5-16-12-9-4-6-3-7(14)1-2-8(6)11(9)12;1-3-2/h1-3,9,11-12,14H,4-5H2,(H2,13,15);3H,1-2H3. The van der Waals surface area contributed by atoms with Crippen molar-refractivity contribution in [2.45, 2.75) is 17.6 Å². The lowest BCUT2D eigenvalue weighted by atomic mass is 10.1. The van der Waals surface area contributed by atoms with Crippen molar-refractivity contribution in [3.8, 4) is 5.75 Å². The fourth-order valence-corrected chi connectivity index (χ4v) is 4.08. The molecule has 0 heterocycles. The number of phenolic OH excluding ortho intramolecular Hbond substituents is 1. The average molecular weight is 280 g/mol. The highest BCUT2D eigenvalue weighted by Crippen LogP contribution is 2.62. The van der Waals surface area contributed by atoms with Crippen molar-refractivity contribution in [2.24, 2.45) is 11.7 Å². The Balaban J connectivity index is 0.000000408. The van der Waals surface area contributed by atoms with Crippen molar-refractivity contribution in [3.05, 3.63) is 29.3 Å². The van der Waals surface area contributed by atoms with E-state index in [4.69, 9.17) is 5.73 Å². The number of aromatic hydroxyl groups is 1. The molecule has 0 bridgehead atoms. The number of carbonyl (C=O) groups is 1. The summed E-state index contributed by atoms with van der Waals surface area (Å²) in [6, 6.07) is 5.62. The molecule has 0 saturated heterocycles. The van der Waals surface area contributed by atoms with E-state index in [2.05, 4.69) is 5.32 Å². The van der Waals surface area contributed by atoms with Gasteiger partial charge in [0.2, 0.25) is 5.91 Å². The minimum absolute atomic E-state index is 0.235. The molecular weight excluding hydrogens is 260 g/mol. The monoisotopic (exact) mass is 280 g/mol. The molecule has 2 aliphatic rings. The number of primary amides is 1. The van der Waals surface area contributed by atoms with E-state index in [1.54, 1.807) is 17.8 Å². The van der Waals surface area contributed by atoms with Crippen LogP contribution >= 0.6 is 11.8 Å². The van der Waals surface area contributed by atoms with E-state index in [0.717, 1.165) is 6.42 Å². The van der Waals surface area contributed by atoms with Gasteiger partial charge in [-0.1, -0.05) is 6.07 Å². The van der Waals surface area contributed by atoms with Crippen molar-refractivity contribution < 1.29 is 9.90 Å². The number of phenols is 1. The summed E-state index contributed by atoms with van der Waals surface area (Å²) in [7, 11) is 3.75. The molecule has 0 radical (unpaired) electrons. The van der Waals surface area contributed by atoms with Gasteiger partial charge in [0.25, 0.3) is 0 Å². The summed E-state index contributed by atoms with van der Waals surface area (Å²) in [5.74, 6) is 1.77. The first-order valence-corrected chi connectivity index (χ1v) is 7.43. The molecule has 0 spiro atoms. The number of nitrogens with one attached hydrogen (secondary N) is 1. The largest absolute Gasteiger partial charge is 0.508 e. The Hall–Kier alpha value is -1.20. The van der Waals surface area contributed by atoms with E-state index in [0.29, 0.717) is 28.6 Å². The summed E-state index contributed by atoms with van der Waals surface area (Å²) in [6.45, 7) is 0. The van der Waals surface area contributed by atoms with Crippen molar-refractivity contribution in [3.63, 3.8) is 0 Å². The van der Waals surface area contributed by atoms with Gasteiger partial charge < -0.3 is 16.2 Å².